The minimum atomic E-state index is -3.47. The van der Waals surface area contributed by atoms with Gasteiger partial charge in [-0.25, -0.2) is 13.4 Å². The van der Waals surface area contributed by atoms with Gasteiger partial charge >= 0.3 is 0 Å². The molecule has 0 aromatic carbocycles. The SMILES string of the molecule is CN1CCCC(CNc2ccc(S(=O)(=O)N3CCOCC3)cn2)C1. The number of hydrogen-bond acceptors (Lipinski definition) is 6. The van der Waals surface area contributed by atoms with Crippen LogP contribution in [0.3, 0.4) is 0 Å². The van der Waals surface area contributed by atoms with E-state index in [4.69, 9.17) is 4.74 Å². The number of piperidine rings is 1. The molecule has 3 rings (SSSR count). The minimum absolute atomic E-state index is 0.243. The summed E-state index contributed by atoms with van der Waals surface area (Å²) in [7, 11) is -1.32. The summed E-state index contributed by atoms with van der Waals surface area (Å²) in [5.74, 6) is 1.34. The van der Waals surface area contributed by atoms with E-state index >= 15 is 0 Å². The van der Waals surface area contributed by atoms with Gasteiger partial charge in [-0.3, -0.25) is 0 Å². The Morgan fingerprint density at radius 1 is 1.29 bits per heavy atom. The number of hydrogen-bond donors (Lipinski definition) is 1. The zero-order valence-electron chi connectivity index (χ0n) is 14.1. The van der Waals surface area contributed by atoms with Crippen LogP contribution in [0, 0.1) is 5.92 Å². The standard InChI is InChI=1S/C16H26N4O3S/c1-19-6-2-3-14(13-19)11-17-16-5-4-15(12-18-16)24(21,22)20-7-9-23-10-8-20/h4-5,12,14H,2-3,6-11,13H2,1H3,(H,17,18). The molecule has 1 unspecified atom stereocenters. The molecule has 0 amide bonds. The van der Waals surface area contributed by atoms with Gasteiger partial charge in [0.1, 0.15) is 10.7 Å². The lowest BCUT2D eigenvalue weighted by atomic mass is 9.98. The van der Waals surface area contributed by atoms with Gasteiger partial charge in [0.25, 0.3) is 0 Å². The number of anilines is 1. The Balaban J connectivity index is 1.58. The van der Waals surface area contributed by atoms with Crippen LogP contribution in [0.5, 0.6) is 0 Å². The third-order valence-electron chi connectivity index (χ3n) is 4.64. The quantitative estimate of drug-likeness (QED) is 0.845. The smallest absolute Gasteiger partial charge is 0.244 e. The zero-order chi connectivity index (χ0) is 17.0. The molecule has 1 aromatic rings. The van der Waals surface area contributed by atoms with Crippen LogP contribution in [-0.2, 0) is 14.8 Å². The van der Waals surface area contributed by atoms with Crippen molar-refractivity contribution in [1.29, 1.82) is 0 Å². The van der Waals surface area contributed by atoms with Crippen LogP contribution >= 0.6 is 0 Å². The third kappa shape index (κ3) is 4.24. The molecule has 24 heavy (non-hydrogen) atoms. The number of sulfonamides is 1. The van der Waals surface area contributed by atoms with Crippen molar-refractivity contribution >= 4 is 15.8 Å². The number of nitrogens with one attached hydrogen (secondary N) is 1. The molecule has 134 valence electrons. The molecule has 2 saturated heterocycles. The van der Waals surface area contributed by atoms with Gasteiger partial charge in [0.2, 0.25) is 10.0 Å². The molecule has 2 fully saturated rings. The van der Waals surface area contributed by atoms with Crippen molar-refractivity contribution in [2.24, 2.45) is 5.92 Å². The number of ether oxygens (including phenoxy) is 1. The fourth-order valence-electron chi connectivity index (χ4n) is 3.26. The summed E-state index contributed by atoms with van der Waals surface area (Å²) >= 11 is 0. The predicted octanol–water partition coefficient (Wildman–Crippen LogP) is 0.856. The Morgan fingerprint density at radius 3 is 2.75 bits per heavy atom. The summed E-state index contributed by atoms with van der Waals surface area (Å²) in [6, 6.07) is 3.38. The predicted molar refractivity (Wildman–Crippen MR) is 92.5 cm³/mol. The van der Waals surface area contributed by atoms with Gasteiger partial charge in [0.15, 0.2) is 0 Å². The molecule has 0 spiro atoms. The average molecular weight is 354 g/mol. The summed E-state index contributed by atoms with van der Waals surface area (Å²) in [4.78, 5) is 6.87. The van der Waals surface area contributed by atoms with Crippen LogP contribution in [0.2, 0.25) is 0 Å². The summed E-state index contributed by atoms with van der Waals surface area (Å²) in [5, 5.41) is 3.33. The maximum absolute atomic E-state index is 12.5. The fourth-order valence-corrected chi connectivity index (χ4v) is 4.62. The first-order valence-electron chi connectivity index (χ1n) is 8.52. The number of nitrogens with zero attached hydrogens (tertiary/aromatic N) is 3. The highest BCUT2D eigenvalue weighted by Gasteiger charge is 2.26. The molecule has 0 radical (unpaired) electrons. The van der Waals surface area contributed by atoms with E-state index in [1.54, 1.807) is 12.1 Å². The van der Waals surface area contributed by atoms with Gasteiger partial charge in [0, 0.05) is 32.4 Å². The molecule has 2 aliphatic heterocycles. The average Bonchev–Trinajstić information content (AvgIpc) is 2.61. The van der Waals surface area contributed by atoms with Crippen LogP contribution in [0.1, 0.15) is 12.8 Å². The van der Waals surface area contributed by atoms with Gasteiger partial charge in [-0.2, -0.15) is 4.31 Å². The van der Waals surface area contributed by atoms with Crippen LogP contribution in [0.25, 0.3) is 0 Å². The molecule has 1 aromatic heterocycles. The molecule has 1 atom stereocenters. The lowest BCUT2D eigenvalue weighted by Crippen LogP contribution is -2.40. The highest BCUT2D eigenvalue weighted by atomic mass is 32.2. The van der Waals surface area contributed by atoms with Crippen molar-refractivity contribution < 1.29 is 13.2 Å². The molecule has 2 aliphatic rings. The monoisotopic (exact) mass is 354 g/mol. The van der Waals surface area contributed by atoms with Gasteiger partial charge < -0.3 is 15.0 Å². The van der Waals surface area contributed by atoms with Crippen molar-refractivity contribution in [3.63, 3.8) is 0 Å². The largest absolute Gasteiger partial charge is 0.379 e. The van der Waals surface area contributed by atoms with Crippen LogP contribution < -0.4 is 5.32 Å². The highest BCUT2D eigenvalue weighted by Crippen LogP contribution is 2.19. The van der Waals surface area contributed by atoms with Crippen LogP contribution in [0.15, 0.2) is 23.2 Å². The molecular formula is C16H26N4O3S. The second-order valence-electron chi connectivity index (χ2n) is 6.55. The zero-order valence-corrected chi connectivity index (χ0v) is 15.0. The van der Waals surface area contributed by atoms with E-state index < -0.39 is 10.0 Å². The molecular weight excluding hydrogens is 328 g/mol. The first-order valence-corrected chi connectivity index (χ1v) is 9.96. The second kappa shape index (κ2) is 7.77. The molecule has 0 bridgehead atoms. The Kier molecular flexibility index (Phi) is 5.70. The van der Waals surface area contributed by atoms with E-state index in [1.165, 1.54) is 29.9 Å². The van der Waals surface area contributed by atoms with Crippen LogP contribution in [0.4, 0.5) is 5.82 Å². The molecule has 0 saturated carbocycles. The van der Waals surface area contributed by atoms with Gasteiger partial charge in [-0.05, 0) is 44.5 Å². The number of morpholine rings is 1. The summed E-state index contributed by atoms with van der Waals surface area (Å²) in [6.07, 6.45) is 3.90. The lowest BCUT2D eigenvalue weighted by molar-refractivity contribution is 0.0730. The maximum atomic E-state index is 12.5. The van der Waals surface area contributed by atoms with E-state index in [0.29, 0.717) is 32.2 Å². The minimum Gasteiger partial charge on any atom is -0.379 e. The first kappa shape index (κ1) is 17.6. The summed E-state index contributed by atoms with van der Waals surface area (Å²) in [5.41, 5.74) is 0. The Hall–Kier alpha value is -1.22. The maximum Gasteiger partial charge on any atom is 0.244 e. The molecule has 8 heteroatoms. The van der Waals surface area contributed by atoms with Crippen molar-refractivity contribution in [2.45, 2.75) is 17.7 Å². The summed E-state index contributed by atoms with van der Waals surface area (Å²) in [6.45, 7) is 4.82. The molecule has 7 nitrogen and oxygen atoms in total. The second-order valence-corrected chi connectivity index (χ2v) is 8.48. The van der Waals surface area contributed by atoms with Crippen molar-refractivity contribution in [1.82, 2.24) is 14.2 Å². The highest BCUT2D eigenvalue weighted by molar-refractivity contribution is 7.89. The topological polar surface area (TPSA) is 74.8 Å². The van der Waals surface area contributed by atoms with E-state index in [9.17, 15) is 8.42 Å². The van der Waals surface area contributed by atoms with Crippen molar-refractivity contribution in [3.8, 4) is 0 Å². The normalized spacial score (nSPS) is 24.0. The van der Waals surface area contributed by atoms with Crippen LogP contribution in [-0.4, -0.2) is 75.6 Å². The van der Waals surface area contributed by atoms with E-state index in [1.807, 2.05) is 0 Å². The molecule has 3 heterocycles. The fraction of sp³-hybridized carbons (Fsp3) is 0.688. The van der Waals surface area contributed by atoms with Gasteiger partial charge in [-0.15, -0.1) is 0 Å². The number of aromatic nitrogens is 1. The van der Waals surface area contributed by atoms with Crippen molar-refractivity contribution in [2.75, 3.05) is 58.3 Å². The number of rotatable bonds is 5. The number of likely N-dealkylation sites (tertiary alicyclic amines) is 1. The van der Waals surface area contributed by atoms with Crippen molar-refractivity contribution in [3.05, 3.63) is 18.3 Å². The Labute approximate surface area is 144 Å². The van der Waals surface area contributed by atoms with E-state index in [2.05, 4.69) is 22.2 Å². The summed E-state index contributed by atoms with van der Waals surface area (Å²) < 4.78 is 31.8. The molecule has 0 aliphatic carbocycles. The Morgan fingerprint density at radius 2 is 2.08 bits per heavy atom. The first-order chi connectivity index (χ1) is 11.6. The Bertz CT molecular complexity index is 629. The van der Waals surface area contributed by atoms with E-state index in [-0.39, 0.29) is 4.90 Å². The van der Waals surface area contributed by atoms with Gasteiger partial charge in [-0.1, -0.05) is 0 Å². The van der Waals surface area contributed by atoms with E-state index in [0.717, 1.165) is 18.9 Å². The lowest BCUT2D eigenvalue weighted by Gasteiger charge is -2.29. The van der Waals surface area contributed by atoms with Gasteiger partial charge in [0.05, 0.1) is 13.2 Å². The third-order valence-corrected chi connectivity index (χ3v) is 6.52. The number of pyridine rings is 1. The molecule has 1 N–H and O–H groups in total.